The summed E-state index contributed by atoms with van der Waals surface area (Å²) in [6.45, 7) is 7.32. The minimum atomic E-state index is -0.653. The standard InChI is InChI=1S/C9H15NO2S/c1-8(2,5-7(11)13)9(3,4)12-6-10/h5H2,1-4H3,(H,11,13). The van der Waals surface area contributed by atoms with E-state index in [-0.39, 0.29) is 11.5 Å². The van der Waals surface area contributed by atoms with Gasteiger partial charge in [0, 0.05) is 11.8 Å². The van der Waals surface area contributed by atoms with Gasteiger partial charge in [-0.2, -0.15) is 5.26 Å². The Bertz CT molecular complexity index is 240. The van der Waals surface area contributed by atoms with Crippen LogP contribution in [0.4, 0.5) is 0 Å². The van der Waals surface area contributed by atoms with Crippen LogP contribution in [0, 0.1) is 16.9 Å². The van der Waals surface area contributed by atoms with E-state index in [1.54, 1.807) is 20.1 Å². The number of nitrogens with zero attached hydrogens (tertiary/aromatic N) is 1. The van der Waals surface area contributed by atoms with Gasteiger partial charge in [0.25, 0.3) is 6.26 Å². The molecule has 0 spiro atoms. The van der Waals surface area contributed by atoms with Crippen LogP contribution in [0.5, 0.6) is 0 Å². The highest BCUT2D eigenvalue weighted by atomic mass is 32.1. The highest BCUT2D eigenvalue weighted by Crippen LogP contribution is 2.37. The van der Waals surface area contributed by atoms with Gasteiger partial charge >= 0.3 is 0 Å². The normalized spacial score (nSPS) is 12.0. The highest BCUT2D eigenvalue weighted by molar-refractivity contribution is 7.96. The van der Waals surface area contributed by atoms with Crippen molar-refractivity contribution in [1.29, 1.82) is 5.26 Å². The molecule has 0 aliphatic carbocycles. The fourth-order valence-electron chi connectivity index (χ4n) is 0.843. The summed E-state index contributed by atoms with van der Waals surface area (Å²) in [6.07, 6.45) is 1.93. The van der Waals surface area contributed by atoms with Crippen molar-refractivity contribution in [3.05, 3.63) is 0 Å². The molecule has 13 heavy (non-hydrogen) atoms. The SMILES string of the molecule is CC(C)(CC(=O)S)C(C)(C)OC#N. The van der Waals surface area contributed by atoms with E-state index in [1.807, 2.05) is 13.8 Å². The molecule has 0 saturated heterocycles. The van der Waals surface area contributed by atoms with Gasteiger partial charge in [0.05, 0.1) is 0 Å². The Morgan fingerprint density at radius 3 is 2.23 bits per heavy atom. The van der Waals surface area contributed by atoms with Gasteiger partial charge in [-0.1, -0.05) is 13.8 Å². The first-order chi connectivity index (χ1) is 5.73. The molecule has 0 atom stereocenters. The van der Waals surface area contributed by atoms with E-state index < -0.39 is 11.0 Å². The molecule has 0 aromatic carbocycles. The topological polar surface area (TPSA) is 50.1 Å². The second-order valence-electron chi connectivity index (χ2n) is 4.16. The average Bonchev–Trinajstić information content (AvgIpc) is 1.82. The lowest BCUT2D eigenvalue weighted by Gasteiger charge is -2.38. The average molecular weight is 201 g/mol. The molecule has 0 rings (SSSR count). The predicted octanol–water partition coefficient (Wildman–Crippen LogP) is 2.14. The molecule has 0 radical (unpaired) electrons. The summed E-state index contributed by atoms with van der Waals surface area (Å²) >= 11 is 3.71. The Balaban J connectivity index is 4.61. The van der Waals surface area contributed by atoms with E-state index in [4.69, 9.17) is 10.00 Å². The summed E-state index contributed by atoms with van der Waals surface area (Å²) < 4.78 is 4.91. The number of nitriles is 1. The maximum absolute atomic E-state index is 10.8. The Labute approximate surface area is 84.5 Å². The molecule has 0 aromatic heterocycles. The van der Waals surface area contributed by atoms with E-state index in [0.717, 1.165) is 0 Å². The van der Waals surface area contributed by atoms with Crippen LogP contribution in [0.3, 0.4) is 0 Å². The smallest absolute Gasteiger partial charge is 0.286 e. The number of carbonyl (C=O) groups is 1. The number of hydrogen-bond donors (Lipinski definition) is 1. The van der Waals surface area contributed by atoms with Gasteiger partial charge in [-0.25, -0.2) is 0 Å². The molecule has 0 N–H and O–H groups in total. The summed E-state index contributed by atoms with van der Waals surface area (Å²) in [5, 5.41) is 8.23. The van der Waals surface area contributed by atoms with Crippen LogP contribution >= 0.6 is 12.6 Å². The number of thiol groups is 1. The van der Waals surface area contributed by atoms with Crippen molar-refractivity contribution in [2.75, 3.05) is 0 Å². The molecule has 0 unspecified atom stereocenters. The quantitative estimate of drug-likeness (QED) is 0.560. The van der Waals surface area contributed by atoms with Crippen LogP contribution in [0.25, 0.3) is 0 Å². The van der Waals surface area contributed by atoms with Crippen molar-refractivity contribution in [2.24, 2.45) is 5.41 Å². The fraction of sp³-hybridized carbons (Fsp3) is 0.778. The van der Waals surface area contributed by atoms with E-state index in [1.165, 1.54) is 0 Å². The van der Waals surface area contributed by atoms with Gasteiger partial charge in [0.2, 0.25) is 0 Å². The number of rotatable bonds is 4. The second kappa shape index (κ2) is 4.01. The zero-order valence-corrected chi connectivity index (χ0v) is 9.31. The first kappa shape index (κ1) is 12.3. The lowest BCUT2D eigenvalue weighted by molar-refractivity contribution is -0.117. The molecule has 0 fully saturated rings. The zero-order chi connectivity index (χ0) is 10.7. The second-order valence-corrected chi connectivity index (χ2v) is 4.66. The molecule has 0 heterocycles. The van der Waals surface area contributed by atoms with E-state index >= 15 is 0 Å². The number of ether oxygens (including phenoxy) is 1. The van der Waals surface area contributed by atoms with Crippen molar-refractivity contribution in [3.8, 4) is 6.26 Å². The summed E-state index contributed by atoms with van der Waals surface area (Å²) in [7, 11) is 0. The number of carbonyl (C=O) groups excluding carboxylic acids is 1. The van der Waals surface area contributed by atoms with Crippen LogP contribution in [0.15, 0.2) is 0 Å². The Kier molecular flexibility index (Phi) is 3.80. The number of hydrogen-bond acceptors (Lipinski definition) is 3. The monoisotopic (exact) mass is 201 g/mol. The Morgan fingerprint density at radius 2 is 1.92 bits per heavy atom. The van der Waals surface area contributed by atoms with Gasteiger partial charge in [-0.15, -0.1) is 12.6 Å². The molecule has 74 valence electrons. The molecule has 3 nitrogen and oxygen atoms in total. The van der Waals surface area contributed by atoms with E-state index in [2.05, 4.69) is 12.6 Å². The molecular formula is C9H15NO2S. The van der Waals surface area contributed by atoms with Crippen molar-refractivity contribution in [3.63, 3.8) is 0 Å². The van der Waals surface area contributed by atoms with Crippen molar-refractivity contribution in [1.82, 2.24) is 0 Å². The van der Waals surface area contributed by atoms with Crippen LogP contribution in [0.1, 0.15) is 34.1 Å². The molecular weight excluding hydrogens is 186 g/mol. The van der Waals surface area contributed by atoms with Crippen molar-refractivity contribution >= 4 is 17.7 Å². The van der Waals surface area contributed by atoms with Gasteiger partial charge in [-0.05, 0) is 13.8 Å². The Hall–Kier alpha value is -0.690. The van der Waals surface area contributed by atoms with E-state index in [9.17, 15) is 4.79 Å². The fourth-order valence-corrected chi connectivity index (χ4v) is 1.24. The summed E-state index contributed by atoms with van der Waals surface area (Å²) in [5.41, 5.74) is -1.05. The molecule has 0 saturated carbocycles. The molecule has 0 amide bonds. The van der Waals surface area contributed by atoms with Gasteiger partial charge in [-0.3, -0.25) is 4.79 Å². The molecule has 4 heteroatoms. The van der Waals surface area contributed by atoms with Crippen LogP contribution in [-0.4, -0.2) is 10.7 Å². The summed E-state index contributed by atoms with van der Waals surface area (Å²) in [6, 6.07) is 0. The van der Waals surface area contributed by atoms with Gasteiger partial charge in [0.15, 0.2) is 5.12 Å². The molecule has 0 aromatic rings. The summed E-state index contributed by atoms with van der Waals surface area (Å²) in [5.74, 6) is 0. The van der Waals surface area contributed by atoms with Crippen LogP contribution < -0.4 is 0 Å². The molecule has 0 bridgehead atoms. The van der Waals surface area contributed by atoms with Gasteiger partial charge < -0.3 is 4.74 Å². The Morgan fingerprint density at radius 1 is 1.46 bits per heavy atom. The largest absolute Gasteiger partial charge is 0.421 e. The maximum Gasteiger partial charge on any atom is 0.286 e. The minimum absolute atomic E-state index is 0.195. The third-order valence-electron chi connectivity index (χ3n) is 2.52. The van der Waals surface area contributed by atoms with Crippen molar-refractivity contribution < 1.29 is 9.53 Å². The van der Waals surface area contributed by atoms with Crippen molar-refractivity contribution in [2.45, 2.75) is 39.7 Å². The maximum atomic E-state index is 10.8. The molecule has 0 aliphatic heterocycles. The predicted molar refractivity (Wildman–Crippen MR) is 53.2 cm³/mol. The van der Waals surface area contributed by atoms with Crippen LogP contribution in [0.2, 0.25) is 0 Å². The third kappa shape index (κ3) is 3.27. The highest BCUT2D eigenvalue weighted by Gasteiger charge is 2.40. The zero-order valence-electron chi connectivity index (χ0n) is 8.42. The van der Waals surface area contributed by atoms with E-state index in [0.29, 0.717) is 0 Å². The lowest BCUT2D eigenvalue weighted by atomic mass is 9.75. The van der Waals surface area contributed by atoms with Gasteiger partial charge in [0.1, 0.15) is 5.60 Å². The first-order valence-corrected chi connectivity index (χ1v) is 4.46. The summed E-state index contributed by atoms with van der Waals surface area (Å²) in [4.78, 5) is 10.8. The first-order valence-electron chi connectivity index (χ1n) is 4.02. The lowest BCUT2D eigenvalue weighted by Crippen LogP contribution is -2.41. The molecule has 0 aliphatic rings. The third-order valence-corrected chi connectivity index (χ3v) is 2.68. The van der Waals surface area contributed by atoms with Crippen LogP contribution in [-0.2, 0) is 9.53 Å². The minimum Gasteiger partial charge on any atom is -0.421 e.